The molecule has 1 aromatic heterocycles. The van der Waals surface area contributed by atoms with Crippen molar-refractivity contribution in [2.75, 3.05) is 11.6 Å². The van der Waals surface area contributed by atoms with E-state index in [0.717, 1.165) is 17.1 Å². The molecule has 0 radical (unpaired) electrons. The van der Waals surface area contributed by atoms with Gasteiger partial charge >= 0.3 is 12.4 Å². The molecule has 7 nitrogen and oxygen atoms in total. The van der Waals surface area contributed by atoms with Crippen molar-refractivity contribution in [1.82, 2.24) is 9.97 Å². The molecule has 0 spiro atoms. The number of aromatic nitrogens is 2. The van der Waals surface area contributed by atoms with E-state index in [9.17, 15) is 13.2 Å². The average Bonchev–Trinajstić information content (AvgIpc) is 2.53. The number of halogens is 3. The number of alkyl halides is 3. The first-order valence-corrected chi connectivity index (χ1v) is 6.59. The minimum absolute atomic E-state index is 0.00696. The van der Waals surface area contributed by atoms with E-state index >= 15 is 0 Å². The summed E-state index contributed by atoms with van der Waals surface area (Å²) in [5.74, 6) is 5.42. The number of rotatable bonds is 6. The second-order valence-corrected chi connectivity index (χ2v) is 4.47. The summed E-state index contributed by atoms with van der Waals surface area (Å²) in [6.07, 6.45) is -0.349. The zero-order chi connectivity index (χ0) is 17.6. The van der Waals surface area contributed by atoms with Crippen molar-refractivity contribution >= 4 is 5.69 Å². The van der Waals surface area contributed by atoms with Gasteiger partial charge < -0.3 is 15.2 Å². The highest BCUT2D eigenvalue weighted by Gasteiger charge is 2.30. The van der Waals surface area contributed by atoms with Gasteiger partial charge in [0.25, 0.3) is 0 Å². The third-order valence-electron chi connectivity index (χ3n) is 2.58. The number of nitrogens with zero attached hydrogens (tertiary/aromatic N) is 3. The molecular weight excluding hydrogens is 327 g/mol. The lowest BCUT2D eigenvalue weighted by Crippen LogP contribution is -2.27. The topological polar surface area (TPSA) is 99.5 Å². The SMILES string of the molecule is N/C(=C\N(N)c1ccc(OC(F)(F)F)cc1)COc1ncccn1. The normalized spacial score (nSPS) is 11.9. The van der Waals surface area contributed by atoms with Gasteiger partial charge in [-0.05, 0) is 30.3 Å². The second kappa shape index (κ2) is 7.51. The molecule has 0 unspecified atom stereocenters. The standard InChI is InChI=1S/C14H14F3N5O2/c15-14(16,17)24-12-4-2-11(3-5-12)22(19)8-10(18)9-23-13-20-6-1-7-21-13/h1-8H,9,18-19H2/b10-8-. The highest BCUT2D eigenvalue weighted by Crippen LogP contribution is 2.24. The summed E-state index contributed by atoms with van der Waals surface area (Å²) in [6, 6.07) is 6.78. The predicted octanol–water partition coefficient (Wildman–Crippen LogP) is 1.93. The van der Waals surface area contributed by atoms with Crippen molar-refractivity contribution in [2.45, 2.75) is 6.36 Å². The molecule has 0 saturated heterocycles. The third-order valence-corrected chi connectivity index (χ3v) is 2.58. The van der Waals surface area contributed by atoms with Gasteiger partial charge in [0, 0.05) is 18.6 Å². The van der Waals surface area contributed by atoms with Crippen LogP contribution in [0.15, 0.2) is 54.6 Å². The van der Waals surface area contributed by atoms with Crippen LogP contribution in [-0.2, 0) is 0 Å². The van der Waals surface area contributed by atoms with Crippen molar-refractivity contribution in [3.63, 3.8) is 0 Å². The fourth-order valence-electron chi connectivity index (χ4n) is 1.62. The first kappa shape index (κ1) is 17.3. The molecule has 24 heavy (non-hydrogen) atoms. The van der Waals surface area contributed by atoms with E-state index in [1.54, 1.807) is 6.07 Å². The van der Waals surface area contributed by atoms with Gasteiger partial charge in [0.15, 0.2) is 0 Å². The van der Waals surface area contributed by atoms with E-state index in [4.69, 9.17) is 16.3 Å². The highest BCUT2D eigenvalue weighted by molar-refractivity contribution is 5.50. The summed E-state index contributed by atoms with van der Waals surface area (Å²) in [6.45, 7) is -0.00696. The minimum Gasteiger partial charge on any atom is -0.457 e. The monoisotopic (exact) mass is 341 g/mol. The van der Waals surface area contributed by atoms with Gasteiger partial charge in [-0.15, -0.1) is 13.2 Å². The van der Waals surface area contributed by atoms with E-state index in [2.05, 4.69) is 14.7 Å². The molecule has 0 aliphatic carbocycles. The number of hydrazine groups is 1. The van der Waals surface area contributed by atoms with Crippen molar-refractivity contribution in [1.29, 1.82) is 0 Å². The number of ether oxygens (including phenoxy) is 2. The van der Waals surface area contributed by atoms with Crippen molar-refractivity contribution in [3.8, 4) is 11.8 Å². The van der Waals surface area contributed by atoms with Gasteiger partial charge in [-0.2, -0.15) is 0 Å². The number of hydrogen-bond donors (Lipinski definition) is 2. The first-order chi connectivity index (χ1) is 11.3. The number of hydrogen-bond acceptors (Lipinski definition) is 7. The summed E-state index contributed by atoms with van der Waals surface area (Å²) in [7, 11) is 0. The Balaban J connectivity index is 1.94. The molecule has 0 bridgehead atoms. The van der Waals surface area contributed by atoms with Crippen LogP contribution in [0.4, 0.5) is 18.9 Å². The average molecular weight is 341 g/mol. The first-order valence-electron chi connectivity index (χ1n) is 6.59. The van der Waals surface area contributed by atoms with Crippen molar-refractivity contribution in [3.05, 3.63) is 54.6 Å². The molecule has 0 atom stereocenters. The Labute approximate surface area is 135 Å². The molecule has 0 amide bonds. The van der Waals surface area contributed by atoms with Gasteiger partial charge in [0.2, 0.25) is 0 Å². The fourth-order valence-corrected chi connectivity index (χ4v) is 1.62. The van der Waals surface area contributed by atoms with Gasteiger partial charge in [0.05, 0.1) is 11.4 Å². The molecule has 0 saturated carbocycles. The van der Waals surface area contributed by atoms with Crippen LogP contribution in [0.5, 0.6) is 11.8 Å². The lowest BCUT2D eigenvalue weighted by molar-refractivity contribution is -0.274. The maximum Gasteiger partial charge on any atom is 0.573 e. The maximum atomic E-state index is 12.1. The Morgan fingerprint density at radius 1 is 1.17 bits per heavy atom. The Hall–Kier alpha value is -3.01. The van der Waals surface area contributed by atoms with Crippen LogP contribution < -0.4 is 26.1 Å². The number of anilines is 1. The molecule has 2 rings (SSSR count). The van der Waals surface area contributed by atoms with Crippen LogP contribution in [0.25, 0.3) is 0 Å². The fraction of sp³-hybridized carbons (Fsp3) is 0.143. The van der Waals surface area contributed by atoms with Crippen LogP contribution in [-0.4, -0.2) is 22.9 Å². The van der Waals surface area contributed by atoms with Crippen LogP contribution in [0, 0.1) is 0 Å². The summed E-state index contributed by atoms with van der Waals surface area (Å²) in [5.41, 5.74) is 6.43. The van der Waals surface area contributed by atoms with E-state index in [1.807, 2.05) is 0 Å². The Kier molecular flexibility index (Phi) is 5.42. The smallest absolute Gasteiger partial charge is 0.457 e. The molecule has 0 aliphatic rings. The van der Waals surface area contributed by atoms with Crippen LogP contribution >= 0.6 is 0 Å². The Morgan fingerprint density at radius 2 is 1.79 bits per heavy atom. The highest BCUT2D eigenvalue weighted by atomic mass is 19.4. The summed E-state index contributed by atoms with van der Waals surface area (Å²) >= 11 is 0. The maximum absolute atomic E-state index is 12.1. The molecule has 1 heterocycles. The van der Waals surface area contributed by atoms with E-state index in [1.165, 1.54) is 30.7 Å². The van der Waals surface area contributed by atoms with Gasteiger partial charge in [-0.1, -0.05) is 0 Å². The summed E-state index contributed by atoms with van der Waals surface area (Å²) in [4.78, 5) is 7.72. The molecule has 2 aromatic rings. The zero-order valence-corrected chi connectivity index (χ0v) is 12.3. The molecule has 4 N–H and O–H groups in total. The molecule has 0 aliphatic heterocycles. The summed E-state index contributed by atoms with van der Waals surface area (Å²) < 4.78 is 45.3. The van der Waals surface area contributed by atoms with E-state index in [0.29, 0.717) is 5.69 Å². The molecule has 10 heteroatoms. The summed E-state index contributed by atoms with van der Waals surface area (Å²) in [5, 5.41) is 1.14. The molecule has 0 fully saturated rings. The minimum atomic E-state index is -4.74. The van der Waals surface area contributed by atoms with Crippen LogP contribution in [0.1, 0.15) is 0 Å². The Morgan fingerprint density at radius 3 is 2.38 bits per heavy atom. The van der Waals surface area contributed by atoms with Gasteiger partial charge in [-0.25, -0.2) is 15.8 Å². The lowest BCUT2D eigenvalue weighted by atomic mass is 10.3. The predicted molar refractivity (Wildman–Crippen MR) is 79.6 cm³/mol. The van der Waals surface area contributed by atoms with Crippen LogP contribution in [0.2, 0.25) is 0 Å². The second-order valence-electron chi connectivity index (χ2n) is 4.47. The number of nitrogens with two attached hydrogens (primary N) is 2. The Bertz CT molecular complexity index is 677. The van der Waals surface area contributed by atoms with E-state index < -0.39 is 6.36 Å². The molecule has 1 aromatic carbocycles. The quantitative estimate of drug-likeness (QED) is 0.612. The molecule has 128 valence electrons. The van der Waals surface area contributed by atoms with Crippen LogP contribution in [0.3, 0.4) is 0 Å². The van der Waals surface area contributed by atoms with Crippen molar-refractivity contribution in [2.24, 2.45) is 11.6 Å². The van der Waals surface area contributed by atoms with Gasteiger partial charge in [-0.3, -0.25) is 5.01 Å². The van der Waals surface area contributed by atoms with E-state index in [-0.39, 0.29) is 24.1 Å². The van der Waals surface area contributed by atoms with Gasteiger partial charge in [0.1, 0.15) is 12.4 Å². The molecular formula is C14H14F3N5O2. The van der Waals surface area contributed by atoms with Crippen molar-refractivity contribution < 1.29 is 22.6 Å². The lowest BCUT2D eigenvalue weighted by Gasteiger charge is -2.16. The third kappa shape index (κ3) is 5.65. The number of benzene rings is 1. The largest absolute Gasteiger partial charge is 0.573 e. The zero-order valence-electron chi connectivity index (χ0n) is 12.3.